The Morgan fingerprint density at radius 1 is 1.50 bits per heavy atom. The summed E-state index contributed by atoms with van der Waals surface area (Å²) in [5.41, 5.74) is 0. The van der Waals surface area contributed by atoms with Gasteiger partial charge in [-0.2, -0.15) is 0 Å². The Kier molecular flexibility index (Phi) is 4.66. The van der Waals surface area contributed by atoms with Crippen LogP contribution in [0.5, 0.6) is 0 Å². The van der Waals surface area contributed by atoms with Crippen molar-refractivity contribution in [1.82, 2.24) is 4.90 Å². The molecule has 0 spiro atoms. The van der Waals surface area contributed by atoms with E-state index in [-0.39, 0.29) is 18.4 Å². The minimum Gasteiger partial charge on any atom is -0.396 e. The average molecular weight is 197 g/mol. The fraction of sp³-hybridized carbons (Fsp3) is 0.727. The highest BCUT2D eigenvalue weighted by atomic mass is 16.3. The molecule has 0 aromatic carbocycles. The molecule has 0 saturated carbocycles. The molecule has 1 atom stereocenters. The maximum atomic E-state index is 11.7. The zero-order chi connectivity index (χ0) is 10.4. The van der Waals surface area contributed by atoms with Gasteiger partial charge in [-0.3, -0.25) is 4.79 Å². The third kappa shape index (κ3) is 3.14. The second-order valence-corrected chi connectivity index (χ2v) is 3.80. The van der Waals surface area contributed by atoms with E-state index < -0.39 is 0 Å². The predicted octanol–water partition coefficient (Wildman–Crippen LogP) is 1.18. The van der Waals surface area contributed by atoms with Crippen molar-refractivity contribution in [3.8, 4) is 0 Å². The van der Waals surface area contributed by atoms with E-state index in [2.05, 4.69) is 6.58 Å². The average Bonchev–Trinajstić information content (AvgIpc) is 2.69. The number of hydrogen-bond donors (Lipinski definition) is 1. The van der Waals surface area contributed by atoms with Crippen LogP contribution in [0.3, 0.4) is 0 Å². The first-order valence-corrected chi connectivity index (χ1v) is 5.29. The van der Waals surface area contributed by atoms with Crippen molar-refractivity contribution < 1.29 is 9.90 Å². The van der Waals surface area contributed by atoms with Crippen molar-refractivity contribution in [3.63, 3.8) is 0 Å². The normalized spacial score (nSPS) is 18.2. The summed E-state index contributed by atoms with van der Waals surface area (Å²) in [4.78, 5) is 13.6. The highest BCUT2D eigenvalue weighted by Crippen LogP contribution is 2.15. The van der Waals surface area contributed by atoms with E-state index in [1.165, 1.54) is 0 Å². The van der Waals surface area contributed by atoms with Crippen LogP contribution in [0.1, 0.15) is 25.7 Å². The SMILES string of the molecule is C=CC(CCO)CC(=O)N1CCCC1. The van der Waals surface area contributed by atoms with Gasteiger partial charge in [0.05, 0.1) is 0 Å². The molecule has 3 heteroatoms. The molecule has 0 aromatic rings. The van der Waals surface area contributed by atoms with Crippen LogP contribution in [0, 0.1) is 5.92 Å². The largest absolute Gasteiger partial charge is 0.396 e. The number of allylic oxidation sites excluding steroid dienone is 1. The quantitative estimate of drug-likeness (QED) is 0.672. The highest BCUT2D eigenvalue weighted by molar-refractivity contribution is 5.76. The Bertz CT molecular complexity index is 197. The third-order valence-electron chi connectivity index (χ3n) is 2.73. The first-order chi connectivity index (χ1) is 6.77. The first-order valence-electron chi connectivity index (χ1n) is 5.29. The fourth-order valence-electron chi connectivity index (χ4n) is 1.79. The molecule has 1 aliphatic rings. The first kappa shape index (κ1) is 11.2. The van der Waals surface area contributed by atoms with Gasteiger partial charge in [-0.15, -0.1) is 6.58 Å². The maximum absolute atomic E-state index is 11.7. The summed E-state index contributed by atoms with van der Waals surface area (Å²) in [6.45, 7) is 5.62. The topological polar surface area (TPSA) is 40.5 Å². The van der Waals surface area contributed by atoms with Gasteiger partial charge < -0.3 is 10.0 Å². The molecule has 1 saturated heterocycles. The van der Waals surface area contributed by atoms with Gasteiger partial charge in [0.2, 0.25) is 5.91 Å². The number of rotatable bonds is 5. The molecule has 1 heterocycles. The number of aliphatic hydroxyl groups is 1. The predicted molar refractivity (Wildman–Crippen MR) is 55.8 cm³/mol. The summed E-state index contributed by atoms with van der Waals surface area (Å²) in [6.07, 6.45) is 5.17. The van der Waals surface area contributed by atoms with Crippen molar-refractivity contribution in [2.75, 3.05) is 19.7 Å². The van der Waals surface area contributed by atoms with Gasteiger partial charge in [-0.05, 0) is 25.2 Å². The van der Waals surface area contributed by atoms with E-state index in [4.69, 9.17) is 5.11 Å². The Balaban J connectivity index is 2.33. The molecule has 1 N–H and O–H groups in total. The second-order valence-electron chi connectivity index (χ2n) is 3.80. The number of nitrogens with zero attached hydrogens (tertiary/aromatic N) is 1. The van der Waals surface area contributed by atoms with Gasteiger partial charge in [0.15, 0.2) is 0 Å². The van der Waals surface area contributed by atoms with E-state index in [9.17, 15) is 4.79 Å². The van der Waals surface area contributed by atoms with Crippen LogP contribution in [0.25, 0.3) is 0 Å². The summed E-state index contributed by atoms with van der Waals surface area (Å²) in [5.74, 6) is 0.342. The molecule has 0 aliphatic carbocycles. The lowest BCUT2D eigenvalue weighted by Gasteiger charge is -2.18. The molecule has 1 fully saturated rings. The standard InChI is InChI=1S/C11H19NO2/c1-2-10(5-8-13)9-11(14)12-6-3-4-7-12/h2,10,13H,1,3-9H2. The second kappa shape index (κ2) is 5.81. The van der Waals surface area contributed by atoms with Crippen LogP contribution < -0.4 is 0 Å². The van der Waals surface area contributed by atoms with E-state index in [0.717, 1.165) is 25.9 Å². The van der Waals surface area contributed by atoms with Gasteiger partial charge in [-0.1, -0.05) is 6.08 Å². The van der Waals surface area contributed by atoms with E-state index in [1.54, 1.807) is 6.08 Å². The van der Waals surface area contributed by atoms with Gasteiger partial charge in [-0.25, -0.2) is 0 Å². The molecule has 0 radical (unpaired) electrons. The smallest absolute Gasteiger partial charge is 0.223 e. The van der Waals surface area contributed by atoms with E-state index >= 15 is 0 Å². The van der Waals surface area contributed by atoms with Crippen LogP contribution in [-0.4, -0.2) is 35.6 Å². The molecular weight excluding hydrogens is 178 g/mol. The summed E-state index contributed by atoms with van der Waals surface area (Å²) < 4.78 is 0. The number of aliphatic hydroxyl groups excluding tert-OH is 1. The van der Waals surface area contributed by atoms with Crippen LogP contribution in [0.15, 0.2) is 12.7 Å². The third-order valence-corrected chi connectivity index (χ3v) is 2.73. The van der Waals surface area contributed by atoms with Crippen molar-refractivity contribution in [2.24, 2.45) is 5.92 Å². The van der Waals surface area contributed by atoms with E-state index in [1.807, 2.05) is 4.90 Å². The molecule has 0 bridgehead atoms. The molecule has 80 valence electrons. The summed E-state index contributed by atoms with van der Waals surface area (Å²) in [7, 11) is 0. The van der Waals surface area contributed by atoms with Crippen molar-refractivity contribution >= 4 is 5.91 Å². The lowest BCUT2D eigenvalue weighted by Crippen LogP contribution is -2.29. The zero-order valence-electron chi connectivity index (χ0n) is 8.61. The Morgan fingerprint density at radius 2 is 2.14 bits per heavy atom. The fourth-order valence-corrected chi connectivity index (χ4v) is 1.79. The molecule has 1 unspecified atom stereocenters. The molecule has 0 aromatic heterocycles. The van der Waals surface area contributed by atoms with Crippen LogP contribution in [0.4, 0.5) is 0 Å². The minimum atomic E-state index is 0.129. The van der Waals surface area contributed by atoms with Crippen LogP contribution in [0.2, 0.25) is 0 Å². The molecule has 1 aliphatic heterocycles. The molecule has 3 nitrogen and oxygen atoms in total. The van der Waals surface area contributed by atoms with Crippen LogP contribution in [-0.2, 0) is 4.79 Å². The van der Waals surface area contributed by atoms with Crippen molar-refractivity contribution in [2.45, 2.75) is 25.7 Å². The van der Waals surface area contributed by atoms with E-state index in [0.29, 0.717) is 12.8 Å². The number of amides is 1. The monoisotopic (exact) mass is 197 g/mol. The van der Waals surface area contributed by atoms with Gasteiger partial charge in [0.1, 0.15) is 0 Å². The Labute approximate surface area is 85.4 Å². The number of carbonyl (C=O) groups excluding carboxylic acids is 1. The molecule has 14 heavy (non-hydrogen) atoms. The number of hydrogen-bond acceptors (Lipinski definition) is 2. The van der Waals surface area contributed by atoms with Gasteiger partial charge in [0, 0.05) is 26.1 Å². The van der Waals surface area contributed by atoms with Crippen LogP contribution >= 0.6 is 0 Å². The maximum Gasteiger partial charge on any atom is 0.223 e. The molecular formula is C11H19NO2. The Morgan fingerprint density at radius 3 is 2.64 bits per heavy atom. The minimum absolute atomic E-state index is 0.129. The zero-order valence-corrected chi connectivity index (χ0v) is 8.61. The number of carbonyl (C=O) groups is 1. The lowest BCUT2D eigenvalue weighted by molar-refractivity contribution is -0.130. The van der Waals surface area contributed by atoms with Gasteiger partial charge in [0.25, 0.3) is 0 Å². The summed E-state index contributed by atoms with van der Waals surface area (Å²) in [5, 5.41) is 8.77. The van der Waals surface area contributed by atoms with Crippen molar-refractivity contribution in [1.29, 1.82) is 0 Å². The molecule has 1 rings (SSSR count). The lowest BCUT2D eigenvalue weighted by atomic mass is 10.0. The number of likely N-dealkylation sites (tertiary alicyclic amines) is 1. The summed E-state index contributed by atoms with van der Waals surface area (Å²) >= 11 is 0. The summed E-state index contributed by atoms with van der Waals surface area (Å²) in [6, 6.07) is 0. The van der Waals surface area contributed by atoms with Gasteiger partial charge >= 0.3 is 0 Å². The van der Waals surface area contributed by atoms with Crippen molar-refractivity contribution in [3.05, 3.63) is 12.7 Å². The molecule has 1 amide bonds. The Hall–Kier alpha value is -0.830. The highest BCUT2D eigenvalue weighted by Gasteiger charge is 2.19.